The third-order valence-electron chi connectivity index (χ3n) is 4.64. The lowest BCUT2D eigenvalue weighted by molar-refractivity contribution is -0.138. The van der Waals surface area contributed by atoms with Crippen molar-refractivity contribution >= 4 is 17.5 Å². The van der Waals surface area contributed by atoms with Crippen LogP contribution >= 0.6 is 0 Å². The van der Waals surface area contributed by atoms with Crippen LogP contribution in [0.25, 0.3) is 0 Å². The molecule has 4 nitrogen and oxygen atoms in total. The number of nitrogens with two attached hydrogens (primary N) is 1. The first-order chi connectivity index (χ1) is 12.2. The van der Waals surface area contributed by atoms with Gasteiger partial charge in [0.15, 0.2) is 0 Å². The van der Waals surface area contributed by atoms with Crippen LogP contribution in [0.15, 0.2) is 48.5 Å². The van der Waals surface area contributed by atoms with Crippen LogP contribution in [-0.2, 0) is 11.0 Å². The smallest absolute Gasteiger partial charge is 0.366 e. The number of carbonyl (C=O) groups excluding carboxylic acids is 2. The average Bonchev–Trinajstić information content (AvgIpc) is 3.40. The molecule has 3 rings (SSSR count). The van der Waals surface area contributed by atoms with Crippen LogP contribution in [0, 0.1) is 5.92 Å². The Hall–Kier alpha value is -2.83. The Labute approximate surface area is 148 Å². The van der Waals surface area contributed by atoms with Crippen molar-refractivity contribution in [1.82, 2.24) is 0 Å². The second-order valence-electron chi connectivity index (χ2n) is 6.34. The van der Waals surface area contributed by atoms with E-state index in [1.54, 1.807) is 25.2 Å². The number of amides is 2. The zero-order valence-corrected chi connectivity index (χ0v) is 14.0. The number of alkyl halides is 3. The maximum Gasteiger partial charge on any atom is 0.416 e. The third kappa shape index (κ3) is 3.42. The van der Waals surface area contributed by atoms with E-state index in [0.717, 1.165) is 6.07 Å². The summed E-state index contributed by atoms with van der Waals surface area (Å²) in [7, 11) is 1.56. The number of primary amides is 1. The molecule has 2 amide bonds. The molecule has 1 saturated carbocycles. The Morgan fingerprint density at radius 3 is 2.27 bits per heavy atom. The number of halogens is 3. The highest BCUT2D eigenvalue weighted by Crippen LogP contribution is 2.51. The van der Waals surface area contributed by atoms with E-state index < -0.39 is 29.5 Å². The summed E-state index contributed by atoms with van der Waals surface area (Å²) < 4.78 is 39.5. The predicted molar refractivity (Wildman–Crippen MR) is 90.7 cm³/mol. The SMILES string of the molecule is CN(C(=O)[C@@H]1C[C@@H]1c1ccccc1C(F)(F)F)c1ccc(C(N)=O)cc1. The molecule has 7 heteroatoms. The molecular formula is C19H17F3N2O2. The number of benzene rings is 2. The van der Waals surface area contributed by atoms with Crippen LogP contribution < -0.4 is 10.6 Å². The second kappa shape index (κ2) is 6.48. The van der Waals surface area contributed by atoms with Crippen LogP contribution in [0.5, 0.6) is 0 Å². The molecule has 0 spiro atoms. The van der Waals surface area contributed by atoms with Crippen molar-refractivity contribution < 1.29 is 22.8 Å². The van der Waals surface area contributed by atoms with Crippen LogP contribution in [0.3, 0.4) is 0 Å². The maximum atomic E-state index is 13.2. The molecule has 26 heavy (non-hydrogen) atoms. The van der Waals surface area contributed by atoms with E-state index in [2.05, 4.69) is 0 Å². The largest absolute Gasteiger partial charge is 0.416 e. The standard InChI is InChI=1S/C19H17F3N2O2/c1-24(12-8-6-11(7-9-12)17(23)25)18(26)15-10-14(15)13-4-2-3-5-16(13)19(20,21)22/h2-9,14-15H,10H2,1H3,(H2,23,25)/t14-,15-/m1/s1. The van der Waals surface area contributed by atoms with Gasteiger partial charge in [-0.05, 0) is 48.2 Å². The van der Waals surface area contributed by atoms with Crippen molar-refractivity contribution in [3.05, 3.63) is 65.2 Å². The minimum absolute atomic E-state index is 0.163. The topological polar surface area (TPSA) is 63.4 Å². The lowest BCUT2D eigenvalue weighted by Crippen LogP contribution is -2.28. The summed E-state index contributed by atoms with van der Waals surface area (Å²) in [6.07, 6.45) is -4.06. The van der Waals surface area contributed by atoms with E-state index in [1.807, 2.05) is 0 Å². The molecule has 0 unspecified atom stereocenters. The summed E-state index contributed by atoms with van der Waals surface area (Å²) in [4.78, 5) is 25.1. The van der Waals surface area contributed by atoms with Gasteiger partial charge in [-0.15, -0.1) is 0 Å². The van der Waals surface area contributed by atoms with Gasteiger partial charge in [0.25, 0.3) is 0 Å². The maximum absolute atomic E-state index is 13.2. The molecule has 2 atom stereocenters. The first-order valence-corrected chi connectivity index (χ1v) is 8.03. The Morgan fingerprint density at radius 2 is 1.69 bits per heavy atom. The van der Waals surface area contributed by atoms with Crippen molar-refractivity contribution in [3.8, 4) is 0 Å². The molecule has 1 fully saturated rings. The van der Waals surface area contributed by atoms with E-state index in [4.69, 9.17) is 5.73 Å². The summed E-state index contributed by atoms with van der Waals surface area (Å²) in [5.74, 6) is -1.75. The quantitative estimate of drug-likeness (QED) is 0.904. The molecule has 0 heterocycles. The van der Waals surface area contributed by atoms with E-state index in [-0.39, 0.29) is 11.5 Å². The number of hydrogen-bond acceptors (Lipinski definition) is 2. The summed E-state index contributed by atoms with van der Waals surface area (Å²) in [6, 6.07) is 11.5. The molecule has 0 aliphatic heterocycles. The summed E-state index contributed by atoms with van der Waals surface area (Å²) in [5, 5.41) is 0. The second-order valence-corrected chi connectivity index (χ2v) is 6.34. The van der Waals surface area contributed by atoms with Gasteiger partial charge in [-0.3, -0.25) is 9.59 Å². The molecular weight excluding hydrogens is 345 g/mol. The lowest BCUT2D eigenvalue weighted by Gasteiger charge is -2.18. The number of nitrogens with zero attached hydrogens (tertiary/aromatic N) is 1. The number of hydrogen-bond donors (Lipinski definition) is 1. The van der Waals surface area contributed by atoms with Crippen LogP contribution in [0.2, 0.25) is 0 Å². The number of rotatable bonds is 4. The lowest BCUT2D eigenvalue weighted by atomic mass is 10.0. The molecule has 0 radical (unpaired) electrons. The van der Waals surface area contributed by atoms with Crippen LogP contribution in [0.1, 0.15) is 33.8 Å². The Balaban J connectivity index is 1.76. The van der Waals surface area contributed by atoms with Gasteiger partial charge in [-0.1, -0.05) is 18.2 Å². The van der Waals surface area contributed by atoms with Gasteiger partial charge in [0.2, 0.25) is 11.8 Å². The third-order valence-corrected chi connectivity index (χ3v) is 4.64. The summed E-state index contributed by atoms with van der Waals surface area (Å²) >= 11 is 0. The monoisotopic (exact) mass is 362 g/mol. The van der Waals surface area contributed by atoms with E-state index in [9.17, 15) is 22.8 Å². The van der Waals surface area contributed by atoms with Crippen molar-refractivity contribution in [2.45, 2.75) is 18.5 Å². The van der Waals surface area contributed by atoms with Gasteiger partial charge in [-0.2, -0.15) is 13.2 Å². The first kappa shape index (κ1) is 18.0. The molecule has 0 bridgehead atoms. The Kier molecular flexibility index (Phi) is 4.48. The highest BCUT2D eigenvalue weighted by Gasteiger charge is 2.48. The summed E-state index contributed by atoms with van der Waals surface area (Å²) in [6.45, 7) is 0. The van der Waals surface area contributed by atoms with E-state index in [0.29, 0.717) is 17.7 Å². The number of carbonyl (C=O) groups is 2. The Morgan fingerprint density at radius 1 is 1.08 bits per heavy atom. The van der Waals surface area contributed by atoms with Gasteiger partial charge in [-0.25, -0.2) is 0 Å². The molecule has 2 aromatic carbocycles. The van der Waals surface area contributed by atoms with Gasteiger partial charge < -0.3 is 10.6 Å². The van der Waals surface area contributed by atoms with Crippen molar-refractivity contribution in [3.63, 3.8) is 0 Å². The zero-order valence-electron chi connectivity index (χ0n) is 14.0. The summed E-state index contributed by atoms with van der Waals surface area (Å²) in [5.41, 5.74) is 5.52. The minimum Gasteiger partial charge on any atom is -0.366 e. The van der Waals surface area contributed by atoms with Gasteiger partial charge >= 0.3 is 6.18 Å². The highest BCUT2D eigenvalue weighted by molar-refractivity contribution is 5.98. The molecule has 2 N–H and O–H groups in total. The van der Waals surface area contributed by atoms with Crippen molar-refractivity contribution in [2.75, 3.05) is 11.9 Å². The van der Waals surface area contributed by atoms with Gasteiger partial charge in [0.1, 0.15) is 0 Å². The molecule has 136 valence electrons. The molecule has 0 aromatic heterocycles. The molecule has 2 aromatic rings. The van der Waals surface area contributed by atoms with E-state index >= 15 is 0 Å². The van der Waals surface area contributed by atoms with Crippen LogP contribution in [0.4, 0.5) is 18.9 Å². The number of anilines is 1. The fourth-order valence-electron chi connectivity index (χ4n) is 3.12. The van der Waals surface area contributed by atoms with E-state index in [1.165, 1.54) is 29.2 Å². The van der Waals surface area contributed by atoms with Crippen LogP contribution in [-0.4, -0.2) is 18.9 Å². The molecule has 0 saturated heterocycles. The fourth-order valence-corrected chi connectivity index (χ4v) is 3.12. The Bertz CT molecular complexity index is 847. The fraction of sp³-hybridized carbons (Fsp3) is 0.263. The molecule has 1 aliphatic rings. The average molecular weight is 362 g/mol. The normalized spacial score (nSPS) is 19.1. The van der Waals surface area contributed by atoms with Gasteiger partial charge in [0, 0.05) is 24.2 Å². The highest BCUT2D eigenvalue weighted by atomic mass is 19.4. The van der Waals surface area contributed by atoms with Crippen molar-refractivity contribution in [1.29, 1.82) is 0 Å². The first-order valence-electron chi connectivity index (χ1n) is 8.03. The predicted octanol–water partition coefficient (Wildman–Crippen LogP) is 3.57. The molecule has 1 aliphatic carbocycles. The van der Waals surface area contributed by atoms with Crippen molar-refractivity contribution in [2.24, 2.45) is 11.7 Å². The zero-order chi connectivity index (χ0) is 19.1. The van der Waals surface area contributed by atoms with Gasteiger partial charge in [0.05, 0.1) is 5.56 Å². The minimum atomic E-state index is -4.44.